The highest BCUT2D eigenvalue weighted by Crippen LogP contribution is 2.29. The predicted molar refractivity (Wildman–Crippen MR) is 94.5 cm³/mol. The lowest BCUT2D eigenvalue weighted by molar-refractivity contribution is 0.308. The third-order valence-electron chi connectivity index (χ3n) is 3.99. The van der Waals surface area contributed by atoms with Crippen molar-refractivity contribution in [3.05, 3.63) is 66.0 Å². The van der Waals surface area contributed by atoms with Crippen molar-refractivity contribution in [2.75, 3.05) is 6.61 Å². The zero-order chi connectivity index (χ0) is 16.9. The van der Waals surface area contributed by atoms with E-state index in [0.717, 1.165) is 29.2 Å². The van der Waals surface area contributed by atoms with Crippen LogP contribution in [0.1, 0.15) is 25.3 Å². The van der Waals surface area contributed by atoms with Crippen LogP contribution in [0.5, 0.6) is 5.75 Å². The Kier molecular flexibility index (Phi) is 4.77. The molecule has 0 aliphatic carbocycles. The molecule has 0 aliphatic rings. The number of unbranched alkanes of at least 4 members (excludes halogenated alkanes) is 1. The molecule has 0 aliphatic heterocycles. The van der Waals surface area contributed by atoms with Gasteiger partial charge in [-0.3, -0.25) is 0 Å². The van der Waals surface area contributed by atoms with Crippen LogP contribution >= 0.6 is 0 Å². The van der Waals surface area contributed by atoms with Crippen molar-refractivity contribution in [1.29, 1.82) is 5.26 Å². The molecule has 3 aromatic carbocycles. The van der Waals surface area contributed by atoms with Gasteiger partial charge in [-0.15, -0.1) is 0 Å². The largest absolute Gasteiger partial charge is 0.493 e. The summed E-state index contributed by atoms with van der Waals surface area (Å²) in [7, 11) is 0. The van der Waals surface area contributed by atoms with Crippen molar-refractivity contribution in [3.8, 4) is 22.9 Å². The summed E-state index contributed by atoms with van der Waals surface area (Å²) in [5, 5.41) is 10.9. The van der Waals surface area contributed by atoms with Gasteiger partial charge in [0.1, 0.15) is 11.6 Å². The fraction of sp³-hybridized carbons (Fsp3) is 0.190. The Morgan fingerprint density at radius 1 is 1.00 bits per heavy atom. The molecule has 3 heteroatoms. The first-order chi connectivity index (χ1) is 11.7. The maximum atomic E-state index is 14.4. The number of rotatable bonds is 5. The summed E-state index contributed by atoms with van der Waals surface area (Å²) < 4.78 is 20.0. The van der Waals surface area contributed by atoms with Crippen molar-refractivity contribution in [3.63, 3.8) is 0 Å². The summed E-state index contributed by atoms with van der Waals surface area (Å²) in [6.07, 6.45) is 2.00. The van der Waals surface area contributed by atoms with Gasteiger partial charge in [0.05, 0.1) is 18.2 Å². The monoisotopic (exact) mass is 319 g/mol. The summed E-state index contributed by atoms with van der Waals surface area (Å²) in [5.41, 5.74) is 1.98. The van der Waals surface area contributed by atoms with Gasteiger partial charge in [0, 0.05) is 11.6 Å². The van der Waals surface area contributed by atoms with Crippen LogP contribution in [0.25, 0.3) is 21.9 Å². The molecule has 0 N–H and O–H groups in total. The standard InChI is InChI=1S/C21H18FNO/c1-2-3-10-24-19-8-9-20(21(22)13-19)18-7-6-16-11-15(14-23)4-5-17(16)12-18/h4-9,11-13H,2-3,10H2,1H3. The van der Waals surface area contributed by atoms with E-state index < -0.39 is 0 Å². The van der Waals surface area contributed by atoms with Crippen LogP contribution < -0.4 is 4.74 Å². The lowest BCUT2D eigenvalue weighted by Crippen LogP contribution is -1.97. The van der Waals surface area contributed by atoms with E-state index in [-0.39, 0.29) is 5.82 Å². The van der Waals surface area contributed by atoms with Crippen molar-refractivity contribution in [1.82, 2.24) is 0 Å². The van der Waals surface area contributed by atoms with E-state index in [2.05, 4.69) is 13.0 Å². The van der Waals surface area contributed by atoms with Crippen LogP contribution in [0.4, 0.5) is 4.39 Å². The number of fused-ring (bicyclic) bond motifs is 1. The fourth-order valence-electron chi connectivity index (χ4n) is 2.64. The highest BCUT2D eigenvalue weighted by atomic mass is 19.1. The molecule has 0 amide bonds. The van der Waals surface area contributed by atoms with Gasteiger partial charge in [-0.25, -0.2) is 4.39 Å². The second kappa shape index (κ2) is 7.14. The Bertz CT molecular complexity index is 911. The van der Waals surface area contributed by atoms with E-state index >= 15 is 0 Å². The molecule has 120 valence electrons. The molecule has 0 heterocycles. The first-order valence-corrected chi connectivity index (χ1v) is 8.08. The van der Waals surface area contributed by atoms with E-state index in [9.17, 15) is 4.39 Å². The van der Waals surface area contributed by atoms with Crippen LogP contribution in [-0.2, 0) is 0 Å². The van der Waals surface area contributed by atoms with Crippen LogP contribution in [0.15, 0.2) is 54.6 Å². The number of nitriles is 1. The molecule has 0 radical (unpaired) electrons. The number of hydrogen-bond donors (Lipinski definition) is 0. The van der Waals surface area contributed by atoms with E-state index in [1.807, 2.05) is 30.3 Å². The van der Waals surface area contributed by atoms with Crippen molar-refractivity contribution in [2.24, 2.45) is 0 Å². The molecule has 0 unspecified atom stereocenters. The van der Waals surface area contributed by atoms with Gasteiger partial charge < -0.3 is 4.74 Å². The quantitative estimate of drug-likeness (QED) is 0.565. The third kappa shape index (κ3) is 3.38. The fourth-order valence-corrected chi connectivity index (χ4v) is 2.64. The molecule has 24 heavy (non-hydrogen) atoms. The molecule has 0 atom stereocenters. The third-order valence-corrected chi connectivity index (χ3v) is 3.99. The Hall–Kier alpha value is -2.86. The van der Waals surface area contributed by atoms with E-state index in [0.29, 0.717) is 23.5 Å². The highest BCUT2D eigenvalue weighted by Gasteiger charge is 2.08. The zero-order valence-electron chi connectivity index (χ0n) is 13.6. The maximum Gasteiger partial charge on any atom is 0.134 e. The first kappa shape index (κ1) is 16.0. The lowest BCUT2D eigenvalue weighted by Gasteiger charge is -2.09. The smallest absolute Gasteiger partial charge is 0.134 e. The molecule has 0 aromatic heterocycles. The molecule has 0 bridgehead atoms. The Balaban J connectivity index is 1.91. The molecule has 3 aromatic rings. The predicted octanol–water partition coefficient (Wildman–Crippen LogP) is 5.70. The zero-order valence-corrected chi connectivity index (χ0v) is 13.6. The van der Waals surface area contributed by atoms with Crippen molar-refractivity contribution >= 4 is 10.8 Å². The van der Waals surface area contributed by atoms with Gasteiger partial charge in [0.25, 0.3) is 0 Å². The molecule has 0 saturated carbocycles. The van der Waals surface area contributed by atoms with E-state index in [4.69, 9.17) is 10.00 Å². The van der Waals surface area contributed by atoms with Crippen LogP contribution in [0.3, 0.4) is 0 Å². The van der Waals surface area contributed by atoms with Crippen LogP contribution in [0.2, 0.25) is 0 Å². The second-order valence-corrected chi connectivity index (χ2v) is 5.73. The minimum atomic E-state index is -0.294. The first-order valence-electron chi connectivity index (χ1n) is 8.08. The number of ether oxygens (including phenoxy) is 1. The molecular weight excluding hydrogens is 301 g/mol. The minimum absolute atomic E-state index is 0.294. The molecule has 0 fully saturated rings. The molecule has 0 spiro atoms. The van der Waals surface area contributed by atoms with E-state index in [1.54, 1.807) is 18.2 Å². The lowest BCUT2D eigenvalue weighted by atomic mass is 9.99. The van der Waals surface area contributed by atoms with Gasteiger partial charge >= 0.3 is 0 Å². The molecular formula is C21H18FNO. The summed E-state index contributed by atoms with van der Waals surface area (Å²) in [6, 6.07) is 18.3. The Morgan fingerprint density at radius 2 is 1.79 bits per heavy atom. The number of hydrogen-bond acceptors (Lipinski definition) is 2. The maximum absolute atomic E-state index is 14.4. The average molecular weight is 319 g/mol. The summed E-state index contributed by atoms with van der Waals surface area (Å²) in [6.45, 7) is 2.69. The van der Waals surface area contributed by atoms with Gasteiger partial charge in [0.2, 0.25) is 0 Å². The topological polar surface area (TPSA) is 33.0 Å². The molecule has 2 nitrogen and oxygen atoms in total. The summed E-state index contributed by atoms with van der Waals surface area (Å²) >= 11 is 0. The molecule has 0 saturated heterocycles. The highest BCUT2D eigenvalue weighted by molar-refractivity contribution is 5.88. The molecule has 3 rings (SSSR count). The average Bonchev–Trinajstić information content (AvgIpc) is 2.61. The van der Waals surface area contributed by atoms with Crippen LogP contribution in [-0.4, -0.2) is 6.61 Å². The normalized spacial score (nSPS) is 10.5. The summed E-state index contributed by atoms with van der Waals surface area (Å²) in [5.74, 6) is 0.265. The number of benzene rings is 3. The van der Waals surface area contributed by atoms with Crippen LogP contribution in [0, 0.1) is 17.1 Å². The van der Waals surface area contributed by atoms with Gasteiger partial charge in [-0.05, 0) is 53.1 Å². The van der Waals surface area contributed by atoms with Crippen molar-refractivity contribution < 1.29 is 9.13 Å². The van der Waals surface area contributed by atoms with Gasteiger partial charge in [-0.1, -0.05) is 31.5 Å². The number of halogens is 1. The summed E-state index contributed by atoms with van der Waals surface area (Å²) in [4.78, 5) is 0. The van der Waals surface area contributed by atoms with E-state index in [1.165, 1.54) is 6.07 Å². The minimum Gasteiger partial charge on any atom is -0.493 e. The Labute approximate surface area is 141 Å². The van der Waals surface area contributed by atoms with Gasteiger partial charge in [0.15, 0.2) is 0 Å². The van der Waals surface area contributed by atoms with Gasteiger partial charge in [-0.2, -0.15) is 5.26 Å². The SMILES string of the molecule is CCCCOc1ccc(-c2ccc3cc(C#N)ccc3c2)c(F)c1. The number of nitrogens with zero attached hydrogens (tertiary/aromatic N) is 1. The van der Waals surface area contributed by atoms with Crippen molar-refractivity contribution in [2.45, 2.75) is 19.8 Å². The Morgan fingerprint density at radius 3 is 2.54 bits per heavy atom. The second-order valence-electron chi connectivity index (χ2n) is 5.73.